The third-order valence-corrected chi connectivity index (χ3v) is 2.29. The number of hydrogen-bond acceptors (Lipinski definition) is 1. The second-order valence-electron chi connectivity index (χ2n) is 3.02. The van der Waals surface area contributed by atoms with Gasteiger partial charge < -0.3 is 4.42 Å². The molecule has 0 amide bonds. The van der Waals surface area contributed by atoms with Crippen LogP contribution in [0.15, 0.2) is 28.7 Å². The van der Waals surface area contributed by atoms with Crippen molar-refractivity contribution >= 4 is 23.1 Å². The van der Waals surface area contributed by atoms with Crippen LogP contribution in [0.25, 0.3) is 23.1 Å². The summed E-state index contributed by atoms with van der Waals surface area (Å²) in [6.45, 7) is 4.00. The molecule has 1 aromatic carbocycles. The fraction of sp³-hybridized carbons (Fsp3) is 0.231. The topological polar surface area (TPSA) is 13.1 Å². The molecule has 0 saturated carbocycles. The molecule has 0 atom stereocenters. The van der Waals surface area contributed by atoms with E-state index in [1.54, 1.807) is 0 Å². The Kier molecular flexibility index (Phi) is 2.40. The highest BCUT2D eigenvalue weighted by atomic mass is 16.3. The van der Waals surface area contributed by atoms with Gasteiger partial charge in [0.05, 0.1) is 0 Å². The van der Waals surface area contributed by atoms with E-state index in [-0.39, 0.29) is 0 Å². The highest BCUT2D eigenvalue weighted by Crippen LogP contribution is 2.08. The maximum Gasteiger partial charge on any atom is 0.135 e. The fourth-order valence-corrected chi connectivity index (χ4v) is 1.73. The van der Waals surface area contributed by atoms with Crippen molar-refractivity contribution in [3.05, 3.63) is 34.9 Å². The maximum absolute atomic E-state index is 5.62. The van der Waals surface area contributed by atoms with E-state index in [1.165, 1.54) is 10.6 Å². The predicted molar refractivity (Wildman–Crippen MR) is 60.4 cm³/mol. The molecule has 0 fully saturated rings. The lowest BCUT2D eigenvalue weighted by molar-refractivity contribution is 0.576. The van der Waals surface area contributed by atoms with Crippen LogP contribution in [-0.4, -0.2) is 0 Å². The normalized spacial score (nSPS) is 12.4. The Morgan fingerprint density at radius 1 is 1.07 bits per heavy atom. The minimum Gasteiger partial charge on any atom is -0.456 e. The number of rotatable bonds is 0. The number of benzene rings is 1. The van der Waals surface area contributed by atoms with Crippen LogP contribution in [0.3, 0.4) is 0 Å². The Labute approximate surface area is 83.4 Å². The van der Waals surface area contributed by atoms with Gasteiger partial charge in [-0.05, 0) is 18.6 Å². The summed E-state index contributed by atoms with van der Waals surface area (Å²) in [5.41, 5.74) is 2.03. The molecule has 72 valence electrons. The third-order valence-electron chi connectivity index (χ3n) is 2.29. The molecule has 1 aromatic heterocycles. The van der Waals surface area contributed by atoms with Crippen LogP contribution in [0, 0.1) is 0 Å². The van der Waals surface area contributed by atoms with Gasteiger partial charge in [0, 0.05) is 10.6 Å². The van der Waals surface area contributed by atoms with E-state index in [4.69, 9.17) is 4.42 Å². The average Bonchev–Trinajstić information content (AvgIpc) is 2.80. The van der Waals surface area contributed by atoms with Crippen molar-refractivity contribution in [1.82, 2.24) is 0 Å². The molecule has 0 spiro atoms. The van der Waals surface area contributed by atoms with Crippen molar-refractivity contribution in [2.24, 2.45) is 0 Å². The minimum absolute atomic E-state index is 0.995. The van der Waals surface area contributed by atoms with Crippen molar-refractivity contribution in [1.29, 1.82) is 0 Å². The van der Waals surface area contributed by atoms with E-state index in [1.807, 2.05) is 32.0 Å². The summed E-state index contributed by atoms with van der Waals surface area (Å²) >= 11 is 0. The summed E-state index contributed by atoms with van der Waals surface area (Å²) in [4.78, 5) is 0. The molecule has 0 saturated heterocycles. The smallest absolute Gasteiger partial charge is 0.135 e. The Morgan fingerprint density at radius 2 is 1.86 bits per heavy atom. The maximum atomic E-state index is 5.62. The second kappa shape index (κ2) is 3.70. The van der Waals surface area contributed by atoms with Gasteiger partial charge in [-0.1, -0.05) is 38.1 Å². The van der Waals surface area contributed by atoms with E-state index in [0.717, 1.165) is 17.4 Å². The SMILES string of the molecule is C1=c2oc3ccccc3c2=CC1.CC. The second-order valence-corrected chi connectivity index (χ2v) is 3.02. The first-order valence-electron chi connectivity index (χ1n) is 5.13. The van der Waals surface area contributed by atoms with Crippen LogP contribution in [0.2, 0.25) is 0 Å². The van der Waals surface area contributed by atoms with Crippen LogP contribution in [-0.2, 0) is 0 Å². The van der Waals surface area contributed by atoms with E-state index in [2.05, 4.69) is 18.2 Å². The Balaban J connectivity index is 0.000000354. The van der Waals surface area contributed by atoms with E-state index in [0.29, 0.717) is 0 Å². The summed E-state index contributed by atoms with van der Waals surface area (Å²) in [6, 6.07) is 8.16. The molecule has 1 aliphatic rings. The van der Waals surface area contributed by atoms with Gasteiger partial charge in [-0.2, -0.15) is 0 Å². The lowest BCUT2D eigenvalue weighted by Crippen LogP contribution is -2.15. The molecule has 1 nitrogen and oxygen atoms in total. The quantitative estimate of drug-likeness (QED) is 0.616. The molecule has 0 N–H and O–H groups in total. The monoisotopic (exact) mass is 186 g/mol. The van der Waals surface area contributed by atoms with E-state index in [9.17, 15) is 0 Å². The first kappa shape index (κ1) is 9.07. The summed E-state index contributed by atoms with van der Waals surface area (Å²) in [6.07, 6.45) is 5.34. The molecule has 0 bridgehead atoms. The number of para-hydroxylation sites is 1. The minimum atomic E-state index is 0.995. The summed E-state index contributed by atoms with van der Waals surface area (Å²) in [5, 5.41) is 2.51. The summed E-state index contributed by atoms with van der Waals surface area (Å²) in [5.74, 6) is 0. The van der Waals surface area contributed by atoms with Crippen LogP contribution in [0.1, 0.15) is 20.3 Å². The molecule has 0 unspecified atom stereocenters. The van der Waals surface area contributed by atoms with Crippen molar-refractivity contribution in [2.45, 2.75) is 20.3 Å². The number of hydrogen-bond donors (Lipinski definition) is 0. The molecule has 0 aliphatic heterocycles. The molecule has 14 heavy (non-hydrogen) atoms. The highest BCUT2D eigenvalue weighted by Gasteiger charge is 2.03. The lowest BCUT2D eigenvalue weighted by Gasteiger charge is -1.84. The average molecular weight is 186 g/mol. The zero-order valence-electron chi connectivity index (χ0n) is 8.58. The van der Waals surface area contributed by atoms with E-state index < -0.39 is 0 Å². The molecule has 1 heteroatoms. The van der Waals surface area contributed by atoms with E-state index >= 15 is 0 Å². The van der Waals surface area contributed by atoms with Crippen LogP contribution in [0.5, 0.6) is 0 Å². The van der Waals surface area contributed by atoms with Crippen molar-refractivity contribution in [3.63, 3.8) is 0 Å². The van der Waals surface area contributed by atoms with Gasteiger partial charge >= 0.3 is 0 Å². The van der Waals surface area contributed by atoms with Crippen LogP contribution in [0.4, 0.5) is 0 Å². The van der Waals surface area contributed by atoms with Gasteiger partial charge in [0.15, 0.2) is 0 Å². The summed E-state index contributed by atoms with van der Waals surface area (Å²) < 4.78 is 5.62. The molecular formula is C13H14O. The van der Waals surface area contributed by atoms with Crippen LogP contribution < -0.4 is 10.6 Å². The first-order valence-corrected chi connectivity index (χ1v) is 5.13. The van der Waals surface area contributed by atoms with Gasteiger partial charge in [0.1, 0.15) is 11.0 Å². The predicted octanol–water partition coefficient (Wildman–Crippen LogP) is 2.42. The van der Waals surface area contributed by atoms with Gasteiger partial charge in [-0.15, -0.1) is 0 Å². The largest absolute Gasteiger partial charge is 0.456 e. The molecule has 1 heterocycles. The number of furan rings is 1. The molecule has 2 aromatic rings. The van der Waals surface area contributed by atoms with Gasteiger partial charge in [-0.3, -0.25) is 0 Å². The molecular weight excluding hydrogens is 172 g/mol. The Morgan fingerprint density at radius 3 is 2.71 bits per heavy atom. The lowest BCUT2D eigenvalue weighted by atomic mass is 10.2. The highest BCUT2D eigenvalue weighted by molar-refractivity contribution is 5.80. The van der Waals surface area contributed by atoms with Crippen molar-refractivity contribution in [3.8, 4) is 0 Å². The Bertz CT molecular complexity index is 546. The van der Waals surface area contributed by atoms with Crippen molar-refractivity contribution < 1.29 is 4.42 Å². The summed E-state index contributed by atoms with van der Waals surface area (Å²) in [7, 11) is 0. The zero-order chi connectivity index (χ0) is 9.97. The standard InChI is InChI=1S/C11H8O.C2H6/c1-2-6-10-8(4-1)9-5-3-7-11(9)12-10;1-2/h1-2,4-7H,3H2;1-2H3. The van der Waals surface area contributed by atoms with Crippen LogP contribution >= 0.6 is 0 Å². The fourth-order valence-electron chi connectivity index (χ4n) is 1.73. The molecule has 3 rings (SSSR count). The third kappa shape index (κ3) is 1.25. The number of fused-ring (bicyclic) bond motifs is 3. The Hall–Kier alpha value is -1.50. The first-order chi connectivity index (χ1) is 6.95. The van der Waals surface area contributed by atoms with Crippen molar-refractivity contribution in [2.75, 3.05) is 0 Å². The molecule has 1 aliphatic carbocycles. The van der Waals surface area contributed by atoms with Gasteiger partial charge in [0.2, 0.25) is 0 Å². The van der Waals surface area contributed by atoms with Gasteiger partial charge in [0.25, 0.3) is 0 Å². The zero-order valence-corrected chi connectivity index (χ0v) is 8.58. The van der Waals surface area contributed by atoms with Gasteiger partial charge in [-0.25, -0.2) is 0 Å². The molecule has 0 radical (unpaired) electrons.